The summed E-state index contributed by atoms with van der Waals surface area (Å²) in [6.07, 6.45) is -0.141. The Morgan fingerprint density at radius 2 is 1.64 bits per heavy atom. The van der Waals surface area contributed by atoms with E-state index in [-0.39, 0.29) is 6.29 Å². The van der Waals surface area contributed by atoms with Crippen LogP contribution in [-0.4, -0.2) is 33.6 Å². The van der Waals surface area contributed by atoms with Crippen molar-refractivity contribution < 1.29 is 9.47 Å². The summed E-state index contributed by atoms with van der Waals surface area (Å²) in [6, 6.07) is 0. The molecule has 0 saturated heterocycles. The molecule has 0 aliphatic rings. The predicted molar refractivity (Wildman–Crippen MR) is 59.3 cm³/mol. The third kappa shape index (κ3) is 4.94. The maximum absolute atomic E-state index is 5.09. The van der Waals surface area contributed by atoms with Gasteiger partial charge in [-0.05, 0) is 11.3 Å². The quantitative estimate of drug-likeness (QED) is 0.641. The van der Waals surface area contributed by atoms with Gasteiger partial charge in [0, 0.05) is 27.3 Å². The van der Waals surface area contributed by atoms with Crippen molar-refractivity contribution in [1.82, 2.24) is 5.32 Å². The Morgan fingerprint density at radius 3 is 2.00 bits per heavy atom. The second-order valence-corrected chi connectivity index (χ2v) is 4.68. The summed E-state index contributed by atoms with van der Waals surface area (Å²) in [4.78, 5) is 0. The van der Waals surface area contributed by atoms with Gasteiger partial charge in [-0.1, -0.05) is 27.7 Å². The van der Waals surface area contributed by atoms with Gasteiger partial charge in [-0.3, -0.25) is 0 Å². The third-order valence-corrected chi connectivity index (χ3v) is 2.98. The highest BCUT2D eigenvalue weighted by atomic mass is 16.7. The Hall–Kier alpha value is -0.120. The van der Waals surface area contributed by atoms with Crippen LogP contribution in [-0.2, 0) is 9.47 Å². The van der Waals surface area contributed by atoms with Crippen LogP contribution in [0.2, 0.25) is 0 Å². The molecule has 0 aliphatic carbocycles. The molecule has 0 aromatic carbocycles. The van der Waals surface area contributed by atoms with Gasteiger partial charge in [0.2, 0.25) is 0 Å². The molecule has 0 fully saturated rings. The number of hydrogen-bond donors (Lipinski definition) is 1. The Balaban J connectivity index is 3.72. The largest absolute Gasteiger partial charge is 0.355 e. The van der Waals surface area contributed by atoms with E-state index in [4.69, 9.17) is 9.47 Å². The summed E-state index contributed by atoms with van der Waals surface area (Å²) in [7, 11) is 3.31. The van der Waals surface area contributed by atoms with Crippen molar-refractivity contribution in [1.29, 1.82) is 0 Å². The summed E-state index contributed by atoms with van der Waals surface area (Å²) in [6.45, 7) is 10.7. The van der Waals surface area contributed by atoms with E-state index in [0.29, 0.717) is 11.3 Å². The smallest absolute Gasteiger partial charge is 0.169 e. The van der Waals surface area contributed by atoms with Crippen molar-refractivity contribution in [2.24, 2.45) is 11.3 Å². The molecule has 0 bridgehead atoms. The number of ether oxygens (including phenoxy) is 2. The van der Waals surface area contributed by atoms with Gasteiger partial charge in [-0.25, -0.2) is 0 Å². The molecule has 86 valence electrons. The second-order valence-electron chi connectivity index (χ2n) is 4.68. The maximum Gasteiger partial charge on any atom is 0.169 e. The van der Waals surface area contributed by atoms with Crippen LogP contribution < -0.4 is 5.32 Å². The number of methoxy groups -OCH3 is 2. The summed E-state index contributed by atoms with van der Waals surface area (Å²) >= 11 is 0. The third-order valence-electron chi connectivity index (χ3n) is 2.98. The first kappa shape index (κ1) is 13.9. The lowest BCUT2D eigenvalue weighted by molar-refractivity contribution is -0.0996. The fourth-order valence-electron chi connectivity index (χ4n) is 0.979. The van der Waals surface area contributed by atoms with Crippen LogP contribution in [0.15, 0.2) is 0 Å². The van der Waals surface area contributed by atoms with Crippen LogP contribution >= 0.6 is 0 Å². The molecule has 0 atom stereocenters. The van der Waals surface area contributed by atoms with E-state index in [1.165, 1.54) is 0 Å². The molecule has 0 unspecified atom stereocenters. The van der Waals surface area contributed by atoms with Crippen molar-refractivity contribution in [3.63, 3.8) is 0 Å². The van der Waals surface area contributed by atoms with E-state index in [9.17, 15) is 0 Å². The van der Waals surface area contributed by atoms with E-state index in [2.05, 4.69) is 33.0 Å². The Labute approximate surface area is 88.2 Å². The molecule has 14 heavy (non-hydrogen) atoms. The molecule has 1 N–H and O–H groups in total. The summed E-state index contributed by atoms with van der Waals surface area (Å²) in [5.41, 5.74) is 0.312. The van der Waals surface area contributed by atoms with Gasteiger partial charge < -0.3 is 14.8 Å². The van der Waals surface area contributed by atoms with E-state index < -0.39 is 0 Å². The molecule has 0 radical (unpaired) electrons. The van der Waals surface area contributed by atoms with Crippen molar-refractivity contribution in [3.8, 4) is 0 Å². The van der Waals surface area contributed by atoms with E-state index in [1.807, 2.05) is 0 Å². The Bertz CT molecular complexity index is 142. The maximum atomic E-state index is 5.09. The minimum Gasteiger partial charge on any atom is -0.355 e. The van der Waals surface area contributed by atoms with Gasteiger partial charge in [0.05, 0.1) is 0 Å². The molecular formula is C11H25NO2. The van der Waals surface area contributed by atoms with Crippen LogP contribution in [0.5, 0.6) is 0 Å². The van der Waals surface area contributed by atoms with Gasteiger partial charge >= 0.3 is 0 Å². The highest BCUT2D eigenvalue weighted by Crippen LogP contribution is 2.24. The molecule has 0 aromatic heterocycles. The van der Waals surface area contributed by atoms with Gasteiger partial charge in [-0.15, -0.1) is 0 Å². The Kier molecular flexibility index (Phi) is 6.33. The molecular weight excluding hydrogens is 178 g/mol. The van der Waals surface area contributed by atoms with Crippen molar-refractivity contribution >= 4 is 0 Å². The highest BCUT2D eigenvalue weighted by Gasteiger charge is 2.21. The summed E-state index contributed by atoms with van der Waals surface area (Å²) < 4.78 is 10.2. The summed E-state index contributed by atoms with van der Waals surface area (Å²) in [5.74, 6) is 0.665. The van der Waals surface area contributed by atoms with E-state index in [1.54, 1.807) is 14.2 Å². The minimum atomic E-state index is -0.141. The standard InChI is InChI=1S/C11H25NO2/c1-9(2)11(3,4)8-12-7-10(13-5)14-6/h9-10,12H,7-8H2,1-6H3. The first-order valence-electron chi connectivity index (χ1n) is 5.20. The van der Waals surface area contributed by atoms with Crippen LogP contribution in [0.1, 0.15) is 27.7 Å². The molecule has 0 aromatic rings. The zero-order chi connectivity index (χ0) is 11.2. The molecule has 0 saturated carbocycles. The molecule has 0 amide bonds. The molecule has 3 nitrogen and oxygen atoms in total. The van der Waals surface area contributed by atoms with Crippen molar-refractivity contribution in [2.75, 3.05) is 27.3 Å². The summed E-state index contributed by atoms with van der Waals surface area (Å²) in [5, 5.41) is 3.36. The molecule has 0 heterocycles. The first-order chi connectivity index (χ1) is 6.44. The number of nitrogens with one attached hydrogen (secondary N) is 1. The fraction of sp³-hybridized carbons (Fsp3) is 1.00. The van der Waals surface area contributed by atoms with E-state index in [0.717, 1.165) is 13.1 Å². The normalized spacial score (nSPS) is 12.9. The predicted octanol–water partition coefficient (Wildman–Crippen LogP) is 1.88. The van der Waals surface area contributed by atoms with Gasteiger partial charge in [0.25, 0.3) is 0 Å². The van der Waals surface area contributed by atoms with E-state index >= 15 is 0 Å². The van der Waals surface area contributed by atoms with Gasteiger partial charge in [0.1, 0.15) is 0 Å². The zero-order valence-corrected chi connectivity index (χ0v) is 10.4. The van der Waals surface area contributed by atoms with Crippen LogP contribution in [0.25, 0.3) is 0 Å². The lowest BCUT2D eigenvalue weighted by Gasteiger charge is -2.30. The second kappa shape index (κ2) is 6.38. The minimum absolute atomic E-state index is 0.141. The van der Waals surface area contributed by atoms with Crippen molar-refractivity contribution in [3.05, 3.63) is 0 Å². The molecule has 0 aliphatic heterocycles. The fourth-order valence-corrected chi connectivity index (χ4v) is 0.979. The lowest BCUT2D eigenvalue weighted by atomic mass is 9.81. The molecule has 0 rings (SSSR count). The number of rotatable bonds is 7. The van der Waals surface area contributed by atoms with Crippen LogP contribution in [0.4, 0.5) is 0 Å². The van der Waals surface area contributed by atoms with Gasteiger partial charge in [-0.2, -0.15) is 0 Å². The van der Waals surface area contributed by atoms with Crippen molar-refractivity contribution in [2.45, 2.75) is 34.0 Å². The first-order valence-corrected chi connectivity index (χ1v) is 5.20. The monoisotopic (exact) mass is 203 g/mol. The molecule has 0 spiro atoms. The average Bonchev–Trinajstić information content (AvgIpc) is 2.12. The lowest BCUT2D eigenvalue weighted by Crippen LogP contribution is -2.38. The van der Waals surface area contributed by atoms with Crippen LogP contribution in [0.3, 0.4) is 0 Å². The van der Waals surface area contributed by atoms with Crippen LogP contribution in [0, 0.1) is 11.3 Å². The Morgan fingerprint density at radius 1 is 1.14 bits per heavy atom. The SMILES string of the molecule is COC(CNCC(C)(C)C(C)C)OC. The molecule has 3 heteroatoms. The average molecular weight is 203 g/mol. The highest BCUT2D eigenvalue weighted by molar-refractivity contribution is 4.74. The topological polar surface area (TPSA) is 30.5 Å². The number of hydrogen-bond acceptors (Lipinski definition) is 3. The van der Waals surface area contributed by atoms with Gasteiger partial charge in [0.15, 0.2) is 6.29 Å². The zero-order valence-electron chi connectivity index (χ0n) is 10.4.